The van der Waals surface area contributed by atoms with Crippen LogP contribution < -0.4 is 20.1 Å². The Bertz CT molecular complexity index is 1260. The summed E-state index contributed by atoms with van der Waals surface area (Å²) in [6, 6.07) is 15.6. The van der Waals surface area contributed by atoms with Crippen LogP contribution in [0.3, 0.4) is 0 Å². The van der Waals surface area contributed by atoms with E-state index in [1.807, 2.05) is 0 Å². The number of esters is 1. The molecule has 0 aliphatic rings. The van der Waals surface area contributed by atoms with Gasteiger partial charge in [-0.3, -0.25) is 0 Å². The lowest BCUT2D eigenvalue weighted by atomic mass is 9.77. The molecule has 0 saturated carbocycles. The van der Waals surface area contributed by atoms with Crippen molar-refractivity contribution in [2.75, 3.05) is 7.11 Å². The summed E-state index contributed by atoms with van der Waals surface area (Å²) in [7, 11) is 1.11. The fraction of sp³-hybridized carbons (Fsp3) is 0.259. The standard InChI is InChI=1S/C27H24F6N2O5/c1-17(23(36)38-2)34-24(37)35-25(16-18-8-4-3-5-9-18,19-10-6-12-21(14-19)39-26(28,29)30)20-11-7-13-22(15-20)40-27(31,32)33/h3-15,17H,16H2,1-2H3,(H2,34,35,37). The first-order chi connectivity index (χ1) is 18.7. The van der Waals surface area contributed by atoms with Crippen LogP contribution in [-0.4, -0.2) is 37.9 Å². The molecule has 0 saturated heterocycles. The molecule has 3 rings (SSSR count). The zero-order valence-electron chi connectivity index (χ0n) is 21.1. The van der Waals surface area contributed by atoms with Gasteiger partial charge in [-0.05, 0) is 47.9 Å². The number of urea groups is 1. The smallest absolute Gasteiger partial charge is 0.467 e. The van der Waals surface area contributed by atoms with Gasteiger partial charge in [0.05, 0.1) is 12.6 Å². The Morgan fingerprint density at radius 1 is 0.775 bits per heavy atom. The minimum absolute atomic E-state index is 0.0307. The lowest BCUT2D eigenvalue weighted by Crippen LogP contribution is -2.54. The van der Waals surface area contributed by atoms with Crippen molar-refractivity contribution in [3.05, 3.63) is 95.6 Å². The average molecular weight is 570 g/mol. The second-order valence-corrected chi connectivity index (χ2v) is 8.56. The molecule has 2 N–H and O–H groups in total. The fourth-order valence-corrected chi connectivity index (χ4v) is 4.04. The van der Waals surface area contributed by atoms with Crippen molar-refractivity contribution in [2.45, 2.75) is 37.7 Å². The van der Waals surface area contributed by atoms with Crippen molar-refractivity contribution in [3.8, 4) is 11.5 Å². The van der Waals surface area contributed by atoms with Crippen LogP contribution in [0.1, 0.15) is 23.6 Å². The lowest BCUT2D eigenvalue weighted by molar-refractivity contribution is -0.275. The summed E-state index contributed by atoms with van der Waals surface area (Å²) in [5, 5.41) is 5.04. The molecule has 40 heavy (non-hydrogen) atoms. The first kappa shape index (κ1) is 30.1. The van der Waals surface area contributed by atoms with Crippen LogP contribution in [-0.2, 0) is 21.5 Å². The van der Waals surface area contributed by atoms with Gasteiger partial charge in [0.15, 0.2) is 0 Å². The molecule has 1 unspecified atom stereocenters. The zero-order chi connectivity index (χ0) is 29.6. The maximum atomic E-state index is 13.2. The molecule has 7 nitrogen and oxygen atoms in total. The number of nitrogens with one attached hydrogen (secondary N) is 2. The summed E-state index contributed by atoms with van der Waals surface area (Å²) in [5.74, 6) is -2.05. The van der Waals surface area contributed by atoms with Crippen LogP contribution in [0.15, 0.2) is 78.9 Å². The molecule has 13 heteroatoms. The molecule has 3 aromatic carbocycles. The predicted octanol–water partition coefficient (Wildman–Crippen LogP) is 5.83. The number of benzene rings is 3. The highest BCUT2D eigenvalue weighted by Crippen LogP contribution is 2.38. The van der Waals surface area contributed by atoms with E-state index in [2.05, 4.69) is 24.8 Å². The fourth-order valence-electron chi connectivity index (χ4n) is 4.04. The van der Waals surface area contributed by atoms with Gasteiger partial charge in [-0.15, -0.1) is 26.3 Å². The maximum absolute atomic E-state index is 13.2. The number of amides is 2. The summed E-state index contributed by atoms with van der Waals surface area (Å²) >= 11 is 0. The minimum Gasteiger partial charge on any atom is -0.467 e. The Morgan fingerprint density at radius 3 is 1.73 bits per heavy atom. The molecular weight excluding hydrogens is 546 g/mol. The number of hydrogen-bond acceptors (Lipinski definition) is 5. The van der Waals surface area contributed by atoms with Crippen molar-refractivity contribution in [2.24, 2.45) is 0 Å². The third-order valence-corrected chi connectivity index (χ3v) is 5.66. The Hall–Kier alpha value is -4.42. The highest BCUT2D eigenvalue weighted by atomic mass is 19.4. The molecule has 214 valence electrons. The van der Waals surface area contributed by atoms with E-state index in [1.54, 1.807) is 30.3 Å². The second-order valence-electron chi connectivity index (χ2n) is 8.56. The average Bonchev–Trinajstić information content (AvgIpc) is 2.86. The van der Waals surface area contributed by atoms with E-state index in [0.717, 1.165) is 31.4 Å². The zero-order valence-corrected chi connectivity index (χ0v) is 21.1. The molecule has 0 aliphatic heterocycles. The number of hydrogen-bond donors (Lipinski definition) is 2. The summed E-state index contributed by atoms with van der Waals surface area (Å²) < 4.78 is 91.0. The monoisotopic (exact) mass is 570 g/mol. The van der Waals surface area contributed by atoms with Crippen molar-refractivity contribution >= 4 is 12.0 Å². The molecule has 0 radical (unpaired) electrons. The molecule has 0 bridgehead atoms. The molecule has 0 aromatic heterocycles. The van der Waals surface area contributed by atoms with E-state index in [9.17, 15) is 35.9 Å². The van der Waals surface area contributed by atoms with Crippen LogP contribution in [0.2, 0.25) is 0 Å². The Balaban J connectivity index is 2.23. The molecule has 0 spiro atoms. The number of halogens is 6. The molecule has 3 aromatic rings. The predicted molar refractivity (Wildman–Crippen MR) is 130 cm³/mol. The largest absolute Gasteiger partial charge is 0.573 e. The number of alkyl halides is 6. The number of rotatable bonds is 9. The Kier molecular flexibility index (Phi) is 9.17. The summed E-state index contributed by atoms with van der Waals surface area (Å²) in [6.07, 6.45) is -10.2. The van der Waals surface area contributed by atoms with Crippen LogP contribution >= 0.6 is 0 Å². The molecule has 0 aliphatic carbocycles. The maximum Gasteiger partial charge on any atom is 0.573 e. The van der Waals surface area contributed by atoms with Crippen molar-refractivity contribution in [3.63, 3.8) is 0 Å². The number of methoxy groups -OCH3 is 1. The van der Waals surface area contributed by atoms with E-state index in [4.69, 9.17) is 0 Å². The third kappa shape index (κ3) is 8.29. The van der Waals surface area contributed by atoms with Gasteiger partial charge < -0.3 is 24.8 Å². The molecule has 1 atom stereocenters. The topological polar surface area (TPSA) is 85.9 Å². The highest BCUT2D eigenvalue weighted by Gasteiger charge is 2.39. The van der Waals surface area contributed by atoms with E-state index in [0.29, 0.717) is 5.56 Å². The van der Waals surface area contributed by atoms with E-state index in [-0.39, 0.29) is 17.5 Å². The lowest BCUT2D eigenvalue weighted by Gasteiger charge is -2.37. The van der Waals surface area contributed by atoms with Crippen LogP contribution in [0.25, 0.3) is 0 Å². The van der Waals surface area contributed by atoms with Gasteiger partial charge in [0.2, 0.25) is 0 Å². The number of carbonyl (C=O) groups excluding carboxylic acids is 2. The van der Waals surface area contributed by atoms with Gasteiger partial charge >= 0.3 is 24.7 Å². The third-order valence-electron chi connectivity index (χ3n) is 5.66. The SMILES string of the molecule is COC(=O)C(C)NC(=O)NC(Cc1ccccc1)(c1cccc(OC(F)(F)F)c1)c1cccc(OC(F)(F)F)c1. The normalized spacial score (nSPS) is 12.7. The molecular formula is C27H24F6N2O5. The van der Waals surface area contributed by atoms with Crippen LogP contribution in [0.4, 0.5) is 31.1 Å². The van der Waals surface area contributed by atoms with Gasteiger partial charge in [0.25, 0.3) is 0 Å². The first-order valence-electron chi connectivity index (χ1n) is 11.6. The molecule has 0 heterocycles. The highest BCUT2D eigenvalue weighted by molar-refractivity contribution is 5.84. The minimum atomic E-state index is -5.04. The van der Waals surface area contributed by atoms with Gasteiger partial charge in [-0.1, -0.05) is 54.6 Å². The van der Waals surface area contributed by atoms with Crippen LogP contribution in [0, 0.1) is 0 Å². The first-order valence-corrected chi connectivity index (χ1v) is 11.6. The van der Waals surface area contributed by atoms with Gasteiger partial charge in [0.1, 0.15) is 17.5 Å². The van der Waals surface area contributed by atoms with Crippen molar-refractivity contribution < 1.29 is 50.1 Å². The summed E-state index contributed by atoms with van der Waals surface area (Å²) in [5.41, 5.74) is -1.17. The van der Waals surface area contributed by atoms with E-state index < -0.39 is 47.8 Å². The molecule has 2 amide bonds. The van der Waals surface area contributed by atoms with Gasteiger partial charge in [-0.25, -0.2) is 9.59 Å². The quantitative estimate of drug-likeness (QED) is 0.250. The van der Waals surface area contributed by atoms with Gasteiger partial charge in [0, 0.05) is 6.42 Å². The number of ether oxygens (including phenoxy) is 3. The van der Waals surface area contributed by atoms with Crippen molar-refractivity contribution in [1.82, 2.24) is 10.6 Å². The Labute approximate surface area is 225 Å². The summed E-state index contributed by atoms with van der Waals surface area (Å²) in [4.78, 5) is 25.1. The Morgan fingerprint density at radius 2 is 1.27 bits per heavy atom. The van der Waals surface area contributed by atoms with Crippen molar-refractivity contribution in [1.29, 1.82) is 0 Å². The van der Waals surface area contributed by atoms with Crippen LogP contribution in [0.5, 0.6) is 11.5 Å². The number of carbonyl (C=O) groups is 2. The molecule has 0 fully saturated rings. The van der Waals surface area contributed by atoms with E-state index >= 15 is 0 Å². The summed E-state index contributed by atoms with van der Waals surface area (Å²) in [6.45, 7) is 1.33. The van der Waals surface area contributed by atoms with Gasteiger partial charge in [-0.2, -0.15) is 0 Å². The van der Waals surface area contributed by atoms with E-state index in [1.165, 1.54) is 31.2 Å². The second kappa shape index (κ2) is 12.2.